The Morgan fingerprint density at radius 1 is 1.00 bits per heavy atom. The molecule has 212 valence electrons. The quantitative estimate of drug-likeness (QED) is 0.125. The van der Waals surface area contributed by atoms with Crippen LogP contribution in [0.2, 0.25) is 0 Å². The van der Waals surface area contributed by atoms with Gasteiger partial charge >= 0.3 is 11.6 Å². The van der Waals surface area contributed by atoms with E-state index in [4.69, 9.17) is 9.15 Å². The number of H-pyrrole nitrogens is 1. The van der Waals surface area contributed by atoms with Crippen molar-refractivity contribution in [2.75, 3.05) is 0 Å². The number of hydrogen-bond donors (Lipinski definition) is 2. The van der Waals surface area contributed by atoms with Gasteiger partial charge in [0.15, 0.2) is 0 Å². The lowest BCUT2D eigenvalue weighted by Crippen LogP contribution is -2.44. The fourth-order valence-corrected chi connectivity index (χ4v) is 6.15. The molecule has 0 aliphatic carbocycles. The average Bonchev–Trinajstić information content (AvgIpc) is 3.33. The van der Waals surface area contributed by atoms with Gasteiger partial charge in [0.05, 0.1) is 10.3 Å². The minimum atomic E-state index is -4.07. The number of sulfonamides is 1. The molecule has 5 rings (SSSR count). The highest BCUT2D eigenvalue weighted by Crippen LogP contribution is 2.31. The average molecular weight is 573 g/mol. The van der Waals surface area contributed by atoms with Gasteiger partial charge < -0.3 is 14.1 Å². The molecule has 0 aliphatic rings. The molecule has 5 aromatic rings. The molecule has 0 spiro atoms. The fourth-order valence-electron chi connectivity index (χ4n) is 4.96. The number of carbonyl (C=O) groups is 1. The predicted molar refractivity (Wildman–Crippen MR) is 159 cm³/mol. The molecular formula is C32H32N2O6S. The molecule has 1 atom stereocenters. The maximum absolute atomic E-state index is 13.8. The number of ether oxygens (including phenoxy) is 1. The summed E-state index contributed by atoms with van der Waals surface area (Å²) in [4.78, 5) is 29.3. The number of aromatic nitrogens is 1. The van der Waals surface area contributed by atoms with Crippen LogP contribution in [0.5, 0.6) is 5.75 Å². The highest BCUT2D eigenvalue weighted by atomic mass is 32.2. The van der Waals surface area contributed by atoms with E-state index in [-0.39, 0.29) is 17.1 Å². The summed E-state index contributed by atoms with van der Waals surface area (Å²) in [6, 6.07) is 17.6. The molecule has 0 aliphatic heterocycles. The highest BCUT2D eigenvalue weighted by molar-refractivity contribution is 7.89. The summed E-state index contributed by atoms with van der Waals surface area (Å²) in [7, 11) is -4.07. The molecular weight excluding hydrogens is 540 g/mol. The molecule has 3 aromatic carbocycles. The van der Waals surface area contributed by atoms with Gasteiger partial charge in [0, 0.05) is 29.6 Å². The first-order chi connectivity index (χ1) is 19.6. The predicted octanol–water partition coefficient (Wildman–Crippen LogP) is 5.73. The number of hydrogen-bond acceptors (Lipinski definition) is 6. The Morgan fingerprint density at radius 3 is 2.51 bits per heavy atom. The van der Waals surface area contributed by atoms with E-state index in [1.165, 1.54) is 18.2 Å². The first-order valence-corrected chi connectivity index (χ1v) is 15.1. The lowest BCUT2D eigenvalue weighted by atomic mass is 10.0. The molecule has 2 heterocycles. The minimum absolute atomic E-state index is 0.0458. The fraction of sp³-hybridized carbons (Fsp3) is 0.250. The van der Waals surface area contributed by atoms with Gasteiger partial charge in [-0.15, -0.1) is 0 Å². The van der Waals surface area contributed by atoms with Crippen LogP contribution in [-0.2, 0) is 27.7 Å². The third kappa shape index (κ3) is 6.26. The van der Waals surface area contributed by atoms with Crippen molar-refractivity contribution in [3.8, 4) is 5.75 Å². The second kappa shape index (κ2) is 11.7. The van der Waals surface area contributed by atoms with Crippen molar-refractivity contribution in [2.45, 2.75) is 57.4 Å². The number of unbranched alkanes of at least 4 members (excludes halogenated alkanes) is 1. The van der Waals surface area contributed by atoms with Crippen LogP contribution in [0.1, 0.15) is 42.0 Å². The van der Waals surface area contributed by atoms with Crippen LogP contribution in [0, 0.1) is 13.8 Å². The van der Waals surface area contributed by atoms with Gasteiger partial charge in [0.1, 0.15) is 17.4 Å². The molecule has 0 saturated carbocycles. The third-order valence-corrected chi connectivity index (χ3v) is 8.54. The molecule has 0 radical (unpaired) electrons. The summed E-state index contributed by atoms with van der Waals surface area (Å²) in [5.41, 5.74) is 3.83. The topological polar surface area (TPSA) is 118 Å². The van der Waals surface area contributed by atoms with Gasteiger partial charge in [-0.2, -0.15) is 4.72 Å². The van der Waals surface area contributed by atoms with E-state index < -0.39 is 27.7 Å². The Hall–Kier alpha value is -4.21. The van der Waals surface area contributed by atoms with Crippen molar-refractivity contribution in [2.24, 2.45) is 0 Å². The molecule has 9 heteroatoms. The van der Waals surface area contributed by atoms with Gasteiger partial charge in [-0.3, -0.25) is 0 Å². The van der Waals surface area contributed by atoms with Crippen LogP contribution in [0.3, 0.4) is 0 Å². The second-order valence-electron chi connectivity index (χ2n) is 10.3. The van der Waals surface area contributed by atoms with Crippen LogP contribution in [0.15, 0.2) is 87.0 Å². The summed E-state index contributed by atoms with van der Waals surface area (Å²) in [6.07, 6.45) is 4.17. The van der Waals surface area contributed by atoms with Crippen molar-refractivity contribution in [1.29, 1.82) is 0 Å². The Labute approximate surface area is 238 Å². The van der Waals surface area contributed by atoms with Gasteiger partial charge in [0.25, 0.3) is 0 Å². The number of aromatic amines is 1. The van der Waals surface area contributed by atoms with Gasteiger partial charge in [0.2, 0.25) is 10.0 Å². The van der Waals surface area contributed by atoms with E-state index in [0.29, 0.717) is 23.0 Å². The number of carbonyl (C=O) groups excluding carboxylic acids is 1. The first-order valence-electron chi connectivity index (χ1n) is 13.6. The largest absolute Gasteiger partial charge is 0.425 e. The van der Waals surface area contributed by atoms with E-state index >= 15 is 0 Å². The number of rotatable bonds is 10. The minimum Gasteiger partial charge on any atom is -0.425 e. The van der Waals surface area contributed by atoms with Gasteiger partial charge in [-0.1, -0.05) is 49.2 Å². The van der Waals surface area contributed by atoms with Crippen molar-refractivity contribution in [3.63, 3.8) is 0 Å². The third-order valence-electron chi connectivity index (χ3n) is 7.06. The van der Waals surface area contributed by atoms with E-state index in [2.05, 4.69) is 9.71 Å². The van der Waals surface area contributed by atoms with Crippen molar-refractivity contribution in [3.05, 3.63) is 106 Å². The van der Waals surface area contributed by atoms with Crippen molar-refractivity contribution < 1.29 is 22.4 Å². The highest BCUT2D eigenvalue weighted by Gasteiger charge is 2.29. The molecule has 8 nitrogen and oxygen atoms in total. The van der Waals surface area contributed by atoms with Crippen LogP contribution >= 0.6 is 0 Å². The first kappa shape index (κ1) is 28.3. The molecule has 0 bridgehead atoms. The van der Waals surface area contributed by atoms with E-state index in [0.717, 1.165) is 40.4 Å². The maximum Gasteiger partial charge on any atom is 0.336 e. The zero-order chi connectivity index (χ0) is 29.1. The summed E-state index contributed by atoms with van der Waals surface area (Å²) >= 11 is 0. The van der Waals surface area contributed by atoms with Crippen molar-refractivity contribution >= 4 is 37.9 Å². The lowest BCUT2D eigenvalue weighted by Gasteiger charge is -2.19. The SMILES string of the molecule is CCCCc1cc(=O)oc2cc(C)cc(OC(=O)[C@H](Cc3c[nH]c4ccccc34)NS(=O)(=O)c3ccc(C)cc3)c12. The molecule has 0 saturated heterocycles. The van der Waals surface area contributed by atoms with E-state index in [1.54, 1.807) is 37.4 Å². The summed E-state index contributed by atoms with van der Waals surface area (Å²) in [6.45, 7) is 5.72. The Balaban J connectivity index is 1.55. The molecule has 0 amide bonds. The normalized spacial score (nSPS) is 12.6. The summed E-state index contributed by atoms with van der Waals surface area (Å²) in [5, 5.41) is 1.41. The maximum atomic E-state index is 13.8. The Morgan fingerprint density at radius 2 is 1.76 bits per heavy atom. The summed E-state index contributed by atoms with van der Waals surface area (Å²) < 4.78 is 40.8. The van der Waals surface area contributed by atoms with E-state index in [1.807, 2.05) is 38.1 Å². The molecule has 2 N–H and O–H groups in total. The number of benzene rings is 3. The number of esters is 1. The second-order valence-corrected chi connectivity index (χ2v) is 12.0. The van der Waals surface area contributed by atoms with Gasteiger partial charge in [-0.05, 0) is 73.7 Å². The van der Waals surface area contributed by atoms with Crippen molar-refractivity contribution in [1.82, 2.24) is 9.71 Å². The van der Waals surface area contributed by atoms with Crippen LogP contribution in [0.4, 0.5) is 0 Å². The van der Waals surface area contributed by atoms with Crippen LogP contribution in [-0.4, -0.2) is 25.4 Å². The molecule has 0 unspecified atom stereocenters. The Bertz CT molecular complexity index is 1890. The van der Waals surface area contributed by atoms with E-state index in [9.17, 15) is 18.0 Å². The number of fused-ring (bicyclic) bond motifs is 2. The standard InChI is InChI=1S/C32H32N2O6S/c1-4-5-8-22-18-30(35)39-28-15-21(3)16-29(31(22)28)40-32(36)27(17-23-19-33-26-10-7-6-9-25(23)26)34-41(37,38)24-13-11-20(2)12-14-24/h6-7,9-16,18-19,27,33-34H,4-5,8,17H2,1-3H3/t27-/m0/s1. The zero-order valence-electron chi connectivity index (χ0n) is 23.2. The van der Waals surface area contributed by atoms with Crippen LogP contribution < -0.4 is 15.1 Å². The van der Waals surface area contributed by atoms with Crippen LogP contribution in [0.25, 0.3) is 21.9 Å². The van der Waals surface area contributed by atoms with Gasteiger partial charge in [-0.25, -0.2) is 18.0 Å². The lowest BCUT2D eigenvalue weighted by molar-refractivity contribution is -0.136. The number of para-hydroxylation sites is 1. The molecule has 41 heavy (non-hydrogen) atoms. The summed E-state index contributed by atoms with van der Waals surface area (Å²) in [5.74, 6) is -0.552. The number of aryl methyl sites for hydroxylation is 3. The number of nitrogens with one attached hydrogen (secondary N) is 2. The smallest absolute Gasteiger partial charge is 0.336 e. The zero-order valence-corrected chi connectivity index (χ0v) is 24.0. The molecule has 0 fully saturated rings. The molecule has 2 aromatic heterocycles. The monoisotopic (exact) mass is 572 g/mol. The Kier molecular flexibility index (Phi) is 8.10.